The molecule has 2 aromatic carbocycles. The molecule has 2 aliphatic heterocycles. The van der Waals surface area contributed by atoms with E-state index < -0.39 is 5.60 Å². The van der Waals surface area contributed by atoms with Crippen LogP contribution in [0.2, 0.25) is 5.02 Å². The normalized spacial score (nSPS) is 23.9. The number of piperidine rings is 1. The van der Waals surface area contributed by atoms with Crippen LogP contribution in [0.25, 0.3) is 0 Å². The van der Waals surface area contributed by atoms with Gasteiger partial charge in [0.2, 0.25) is 0 Å². The molecule has 9 nitrogen and oxygen atoms in total. The predicted molar refractivity (Wildman–Crippen MR) is 183 cm³/mol. The Bertz CT molecular complexity index is 1470. The summed E-state index contributed by atoms with van der Waals surface area (Å²) in [5.74, 6) is 0.945. The number of amides is 2. The molecule has 1 atom stereocenters. The fourth-order valence-corrected chi connectivity index (χ4v) is 7.83. The SMILES string of the molecule is CC(C)(C)OC(=O)N1CCC(CO[C@H]2CCN(c3ccc(C(=O)NC4C(C)(C)C(Oc5ccc(C#N)c(Cl)c5)C4(C)C)cc3)C2)CC1. The third kappa shape index (κ3) is 7.81. The van der Waals surface area contributed by atoms with E-state index in [4.69, 9.17) is 25.8 Å². The topological polar surface area (TPSA) is 104 Å². The van der Waals surface area contributed by atoms with E-state index in [2.05, 4.69) is 44.0 Å². The Morgan fingerprint density at radius 3 is 2.26 bits per heavy atom. The van der Waals surface area contributed by atoms with E-state index in [0.29, 0.717) is 47.5 Å². The zero-order valence-electron chi connectivity index (χ0n) is 28.8. The summed E-state index contributed by atoms with van der Waals surface area (Å²) in [4.78, 5) is 29.8. The molecular weight excluding hydrogens is 616 g/mol. The highest BCUT2D eigenvalue weighted by Gasteiger charge is 2.64. The first-order valence-corrected chi connectivity index (χ1v) is 17.1. The van der Waals surface area contributed by atoms with Gasteiger partial charge in [-0.15, -0.1) is 0 Å². The van der Waals surface area contributed by atoms with E-state index in [0.717, 1.165) is 38.0 Å². The van der Waals surface area contributed by atoms with Crippen molar-refractivity contribution in [1.82, 2.24) is 10.2 Å². The zero-order chi connectivity index (χ0) is 34.1. The van der Waals surface area contributed by atoms with Crippen molar-refractivity contribution in [3.8, 4) is 11.8 Å². The maximum absolute atomic E-state index is 13.4. The number of anilines is 1. The lowest BCUT2D eigenvalue weighted by atomic mass is 9.49. The number of hydrogen-bond donors (Lipinski definition) is 1. The second-order valence-corrected chi connectivity index (χ2v) is 15.9. The summed E-state index contributed by atoms with van der Waals surface area (Å²) in [6.07, 6.45) is 2.58. The van der Waals surface area contributed by atoms with Crippen molar-refractivity contribution < 1.29 is 23.8 Å². The van der Waals surface area contributed by atoms with Crippen LogP contribution >= 0.6 is 11.6 Å². The van der Waals surface area contributed by atoms with Gasteiger partial charge in [-0.2, -0.15) is 5.26 Å². The van der Waals surface area contributed by atoms with Gasteiger partial charge < -0.3 is 29.3 Å². The first kappa shape index (κ1) is 34.8. The minimum Gasteiger partial charge on any atom is -0.489 e. The van der Waals surface area contributed by atoms with E-state index in [9.17, 15) is 14.9 Å². The standard InChI is InChI=1S/C37H49ClN4O5/c1-35(2,3)47-34(44)41-17-14-24(15-18-41)23-45-29-16-19-42(22-29)27-11-8-25(9-12-27)31(43)40-32-36(4,5)33(37(32,6)7)46-28-13-10-26(21-39)30(38)20-28/h8-13,20,24,29,32-33H,14-19,22-23H2,1-7H3,(H,40,43)/t29-,32?,33?/m0/s1. The summed E-state index contributed by atoms with van der Waals surface area (Å²) in [5.41, 5.74) is 0.961. The number of halogens is 1. The van der Waals surface area contributed by atoms with Crippen molar-refractivity contribution in [1.29, 1.82) is 5.26 Å². The molecule has 0 spiro atoms. The Balaban J connectivity index is 1.08. The van der Waals surface area contributed by atoms with E-state index in [-0.39, 0.29) is 41.1 Å². The van der Waals surface area contributed by atoms with Gasteiger partial charge in [-0.1, -0.05) is 39.3 Å². The second kappa shape index (κ2) is 13.6. The van der Waals surface area contributed by atoms with Crippen molar-refractivity contribution in [3.05, 3.63) is 58.6 Å². The van der Waals surface area contributed by atoms with E-state index >= 15 is 0 Å². The average Bonchev–Trinajstić information content (AvgIpc) is 3.50. The molecule has 1 saturated carbocycles. The lowest BCUT2D eigenvalue weighted by Crippen LogP contribution is -2.74. The average molecular weight is 665 g/mol. The van der Waals surface area contributed by atoms with Crippen LogP contribution in [-0.2, 0) is 9.47 Å². The third-order valence-corrected chi connectivity index (χ3v) is 10.2. The molecule has 0 aromatic heterocycles. The van der Waals surface area contributed by atoms with Crippen LogP contribution in [0.3, 0.4) is 0 Å². The Labute approximate surface area is 284 Å². The molecule has 5 rings (SSSR count). The smallest absolute Gasteiger partial charge is 0.410 e. The summed E-state index contributed by atoms with van der Waals surface area (Å²) in [5, 5.41) is 12.8. The summed E-state index contributed by atoms with van der Waals surface area (Å²) in [6, 6.07) is 14.9. The lowest BCUT2D eigenvalue weighted by Gasteiger charge is -2.63. The summed E-state index contributed by atoms with van der Waals surface area (Å²) < 4.78 is 18.2. The number of benzene rings is 2. The molecule has 47 heavy (non-hydrogen) atoms. The van der Waals surface area contributed by atoms with Crippen LogP contribution in [0.4, 0.5) is 10.5 Å². The van der Waals surface area contributed by atoms with Crippen LogP contribution in [0.1, 0.15) is 83.7 Å². The van der Waals surface area contributed by atoms with Crippen molar-refractivity contribution in [2.45, 2.75) is 91.6 Å². The number of nitriles is 1. The first-order valence-electron chi connectivity index (χ1n) is 16.7. The number of ether oxygens (including phenoxy) is 3. The van der Waals surface area contributed by atoms with Crippen LogP contribution in [0.15, 0.2) is 42.5 Å². The highest BCUT2D eigenvalue weighted by molar-refractivity contribution is 6.31. The molecule has 0 bridgehead atoms. The maximum Gasteiger partial charge on any atom is 0.410 e. The van der Waals surface area contributed by atoms with Gasteiger partial charge >= 0.3 is 6.09 Å². The van der Waals surface area contributed by atoms with Crippen LogP contribution in [-0.4, -0.2) is 73.5 Å². The highest BCUT2D eigenvalue weighted by atomic mass is 35.5. The number of rotatable bonds is 8. The fraction of sp³-hybridized carbons (Fsp3) is 0.595. The van der Waals surface area contributed by atoms with Crippen LogP contribution in [0.5, 0.6) is 5.75 Å². The Morgan fingerprint density at radius 2 is 1.66 bits per heavy atom. The van der Waals surface area contributed by atoms with Gasteiger partial charge in [0.05, 0.1) is 16.7 Å². The Kier molecular flexibility index (Phi) is 10.1. The van der Waals surface area contributed by atoms with Crippen LogP contribution in [0, 0.1) is 28.1 Å². The van der Waals surface area contributed by atoms with Crippen molar-refractivity contribution >= 4 is 29.3 Å². The molecule has 3 fully saturated rings. The van der Waals surface area contributed by atoms with E-state index in [1.807, 2.05) is 45.0 Å². The summed E-state index contributed by atoms with van der Waals surface area (Å²) in [7, 11) is 0. The van der Waals surface area contributed by atoms with Gasteiger partial charge in [0.1, 0.15) is 23.5 Å². The molecule has 254 valence electrons. The number of carbonyl (C=O) groups excluding carboxylic acids is 2. The summed E-state index contributed by atoms with van der Waals surface area (Å²) in [6.45, 7) is 17.9. The minimum atomic E-state index is -0.478. The van der Waals surface area contributed by atoms with Crippen molar-refractivity contribution in [2.24, 2.45) is 16.7 Å². The van der Waals surface area contributed by atoms with Crippen molar-refractivity contribution in [2.75, 3.05) is 37.7 Å². The maximum atomic E-state index is 13.4. The quantitative estimate of drug-likeness (QED) is 0.322. The summed E-state index contributed by atoms with van der Waals surface area (Å²) >= 11 is 6.23. The number of hydrogen-bond acceptors (Lipinski definition) is 7. The highest BCUT2D eigenvalue weighted by Crippen LogP contribution is 2.55. The molecule has 3 aliphatic rings. The van der Waals surface area contributed by atoms with Gasteiger partial charge in [0.25, 0.3) is 5.91 Å². The first-order chi connectivity index (χ1) is 22.1. The van der Waals surface area contributed by atoms with Gasteiger partial charge in [0.15, 0.2) is 0 Å². The molecule has 0 radical (unpaired) electrons. The second-order valence-electron chi connectivity index (χ2n) is 15.4. The number of likely N-dealkylation sites (tertiary alicyclic amines) is 1. The Hall–Kier alpha value is -3.48. The van der Waals surface area contributed by atoms with Gasteiger partial charge in [-0.05, 0) is 82.3 Å². The molecule has 2 saturated heterocycles. The van der Waals surface area contributed by atoms with Gasteiger partial charge in [-0.25, -0.2) is 4.79 Å². The minimum absolute atomic E-state index is 0.108. The molecule has 2 aromatic rings. The zero-order valence-corrected chi connectivity index (χ0v) is 29.5. The number of nitrogens with zero attached hydrogens (tertiary/aromatic N) is 3. The predicted octanol–water partition coefficient (Wildman–Crippen LogP) is 7.07. The molecular formula is C37H49ClN4O5. The molecule has 10 heteroatoms. The molecule has 1 N–H and O–H groups in total. The van der Waals surface area contributed by atoms with Crippen molar-refractivity contribution in [3.63, 3.8) is 0 Å². The largest absolute Gasteiger partial charge is 0.489 e. The fourth-order valence-electron chi connectivity index (χ4n) is 7.61. The molecule has 2 heterocycles. The van der Waals surface area contributed by atoms with E-state index in [1.54, 1.807) is 23.1 Å². The number of carbonyl (C=O) groups is 2. The molecule has 2 amide bonds. The Morgan fingerprint density at radius 1 is 1.00 bits per heavy atom. The van der Waals surface area contributed by atoms with Crippen LogP contribution < -0.4 is 15.0 Å². The van der Waals surface area contributed by atoms with E-state index in [1.165, 1.54) is 0 Å². The monoisotopic (exact) mass is 664 g/mol. The molecule has 0 unspecified atom stereocenters. The molecule has 1 aliphatic carbocycles. The third-order valence-electron chi connectivity index (χ3n) is 9.90. The van der Waals surface area contributed by atoms with Gasteiger partial charge in [-0.3, -0.25) is 4.79 Å². The lowest BCUT2D eigenvalue weighted by molar-refractivity contribution is -0.164. The number of nitrogens with one attached hydrogen (secondary N) is 1. The van der Waals surface area contributed by atoms with Gasteiger partial charge in [0, 0.05) is 67.0 Å².